The number of nitrogens with zero attached hydrogens (tertiary/aromatic N) is 3. The van der Waals surface area contributed by atoms with Crippen LogP contribution in [0.25, 0.3) is 5.69 Å². The van der Waals surface area contributed by atoms with Gasteiger partial charge in [0.15, 0.2) is 11.4 Å². The van der Waals surface area contributed by atoms with Gasteiger partial charge in [-0.1, -0.05) is 18.2 Å². The summed E-state index contributed by atoms with van der Waals surface area (Å²) < 4.78 is 6.99. The summed E-state index contributed by atoms with van der Waals surface area (Å²) in [6.45, 7) is 0.490. The average molecular weight is 370 g/mol. The molecule has 0 spiro atoms. The molecule has 0 bridgehead atoms. The molecule has 0 aliphatic heterocycles. The lowest BCUT2D eigenvalue weighted by Gasteiger charge is -2.23. The van der Waals surface area contributed by atoms with Gasteiger partial charge in [0, 0.05) is 6.54 Å². The van der Waals surface area contributed by atoms with Crippen LogP contribution in [-0.2, 0) is 0 Å². The molecule has 0 fully saturated rings. The molecule has 1 N–H and O–H groups in total. The van der Waals surface area contributed by atoms with Crippen molar-refractivity contribution >= 4 is 17.2 Å². The van der Waals surface area contributed by atoms with Crippen LogP contribution in [0.2, 0.25) is 0 Å². The van der Waals surface area contributed by atoms with E-state index in [2.05, 4.69) is 26.8 Å². The highest BCUT2D eigenvalue weighted by molar-refractivity contribution is 7.07. The third-order valence-electron chi connectivity index (χ3n) is 4.14. The molecule has 0 aliphatic carbocycles. The normalized spacial score (nSPS) is 12.2. The Morgan fingerprint density at radius 1 is 1.31 bits per heavy atom. The Hall–Kier alpha value is -2.64. The Morgan fingerprint density at radius 2 is 2.08 bits per heavy atom. The van der Waals surface area contributed by atoms with E-state index in [1.54, 1.807) is 22.2 Å². The Kier molecular flexibility index (Phi) is 5.70. The highest BCUT2D eigenvalue weighted by Crippen LogP contribution is 2.22. The van der Waals surface area contributed by atoms with Crippen LogP contribution < -0.4 is 10.1 Å². The maximum Gasteiger partial charge on any atom is 0.275 e. The number of para-hydroxylation sites is 1. The average Bonchev–Trinajstić information content (AvgIpc) is 3.32. The largest absolute Gasteiger partial charge is 0.493 e. The predicted molar refractivity (Wildman–Crippen MR) is 103 cm³/mol. The van der Waals surface area contributed by atoms with Crippen molar-refractivity contribution in [2.24, 2.45) is 0 Å². The fourth-order valence-electron chi connectivity index (χ4n) is 2.71. The molecule has 1 amide bonds. The van der Waals surface area contributed by atoms with Crippen molar-refractivity contribution in [1.82, 2.24) is 20.0 Å². The van der Waals surface area contributed by atoms with Crippen LogP contribution in [0.15, 0.2) is 53.4 Å². The third-order valence-corrected chi connectivity index (χ3v) is 4.85. The number of rotatable bonds is 7. The summed E-state index contributed by atoms with van der Waals surface area (Å²) in [6, 6.07) is 11.8. The predicted octanol–water partition coefficient (Wildman–Crippen LogP) is 2.98. The van der Waals surface area contributed by atoms with E-state index < -0.39 is 0 Å². The first-order valence-electron chi connectivity index (χ1n) is 8.26. The highest BCUT2D eigenvalue weighted by atomic mass is 32.1. The topological polar surface area (TPSA) is 59.4 Å². The standard InChI is InChI=1S/C19H22N4O2S/c1-22(2)16(14-9-10-26-13-14)11-20-19(24)18-17(25-3)12-23(21-18)15-7-5-4-6-8-15/h4-10,12-13,16H,11H2,1-3H3,(H,20,24)/t16-/m0/s1. The smallest absolute Gasteiger partial charge is 0.275 e. The van der Waals surface area contributed by atoms with E-state index in [-0.39, 0.29) is 17.6 Å². The van der Waals surface area contributed by atoms with E-state index in [0.717, 1.165) is 5.69 Å². The Morgan fingerprint density at radius 3 is 2.69 bits per heavy atom. The lowest BCUT2D eigenvalue weighted by molar-refractivity contribution is 0.0933. The van der Waals surface area contributed by atoms with Gasteiger partial charge in [0.05, 0.1) is 25.0 Å². The highest BCUT2D eigenvalue weighted by Gasteiger charge is 2.21. The zero-order valence-electron chi connectivity index (χ0n) is 15.0. The number of carbonyl (C=O) groups excluding carboxylic acids is 1. The first kappa shape index (κ1) is 18.2. The van der Waals surface area contributed by atoms with E-state index in [1.165, 1.54) is 12.7 Å². The first-order valence-corrected chi connectivity index (χ1v) is 9.20. The van der Waals surface area contributed by atoms with Crippen molar-refractivity contribution in [2.45, 2.75) is 6.04 Å². The molecular formula is C19H22N4O2S. The maximum absolute atomic E-state index is 12.7. The number of likely N-dealkylation sites (N-methyl/N-ethyl adjacent to an activating group) is 1. The van der Waals surface area contributed by atoms with Gasteiger partial charge in [0.2, 0.25) is 0 Å². The summed E-state index contributed by atoms with van der Waals surface area (Å²) >= 11 is 1.65. The molecule has 0 radical (unpaired) electrons. The second-order valence-corrected chi connectivity index (χ2v) is 6.85. The maximum atomic E-state index is 12.7. The Labute approximate surface area is 157 Å². The number of nitrogens with one attached hydrogen (secondary N) is 1. The number of aromatic nitrogens is 2. The van der Waals surface area contributed by atoms with Crippen LogP contribution in [0, 0.1) is 0 Å². The summed E-state index contributed by atoms with van der Waals surface area (Å²) in [5, 5.41) is 11.5. The molecule has 136 valence electrons. The van der Waals surface area contributed by atoms with Crippen molar-refractivity contribution in [3.05, 3.63) is 64.6 Å². The van der Waals surface area contributed by atoms with E-state index in [4.69, 9.17) is 4.74 Å². The number of thiophene rings is 1. The number of hydrogen-bond acceptors (Lipinski definition) is 5. The van der Waals surface area contributed by atoms with Crippen LogP contribution in [0.4, 0.5) is 0 Å². The van der Waals surface area contributed by atoms with Gasteiger partial charge < -0.3 is 15.0 Å². The van der Waals surface area contributed by atoms with Gasteiger partial charge >= 0.3 is 0 Å². The van der Waals surface area contributed by atoms with Crippen LogP contribution in [0.1, 0.15) is 22.1 Å². The number of hydrogen-bond donors (Lipinski definition) is 1. The van der Waals surface area contributed by atoms with Crippen LogP contribution in [0.3, 0.4) is 0 Å². The lowest BCUT2D eigenvalue weighted by Crippen LogP contribution is -2.34. The molecule has 7 heteroatoms. The molecule has 0 saturated heterocycles. The molecule has 0 aliphatic rings. The van der Waals surface area contributed by atoms with Gasteiger partial charge in [-0.2, -0.15) is 16.4 Å². The van der Waals surface area contributed by atoms with Gasteiger partial charge in [-0.3, -0.25) is 4.79 Å². The zero-order chi connectivity index (χ0) is 18.5. The SMILES string of the molecule is COc1cn(-c2ccccc2)nc1C(=O)NC[C@@H](c1ccsc1)N(C)C. The van der Waals surface area contributed by atoms with Gasteiger partial charge in [0.1, 0.15) is 0 Å². The van der Waals surface area contributed by atoms with E-state index >= 15 is 0 Å². The molecule has 1 atom stereocenters. The summed E-state index contributed by atoms with van der Waals surface area (Å²) in [6.07, 6.45) is 1.71. The molecule has 26 heavy (non-hydrogen) atoms. The van der Waals surface area contributed by atoms with Crippen LogP contribution in [-0.4, -0.2) is 48.3 Å². The monoisotopic (exact) mass is 370 g/mol. The zero-order valence-corrected chi connectivity index (χ0v) is 15.9. The number of methoxy groups -OCH3 is 1. The number of amides is 1. The second-order valence-electron chi connectivity index (χ2n) is 6.07. The van der Waals surface area contributed by atoms with Crippen molar-refractivity contribution in [2.75, 3.05) is 27.7 Å². The van der Waals surface area contributed by atoms with E-state index in [1.807, 2.05) is 49.8 Å². The molecule has 2 aromatic heterocycles. The van der Waals surface area contributed by atoms with Crippen molar-refractivity contribution < 1.29 is 9.53 Å². The number of carbonyl (C=O) groups is 1. The number of benzene rings is 1. The molecule has 0 saturated carbocycles. The van der Waals surface area contributed by atoms with Crippen molar-refractivity contribution in [3.8, 4) is 11.4 Å². The molecule has 3 aromatic rings. The van der Waals surface area contributed by atoms with Crippen molar-refractivity contribution in [3.63, 3.8) is 0 Å². The Balaban J connectivity index is 1.76. The second kappa shape index (κ2) is 8.16. The lowest BCUT2D eigenvalue weighted by atomic mass is 10.1. The third kappa shape index (κ3) is 3.95. The summed E-state index contributed by atoms with van der Waals surface area (Å²) in [5.41, 5.74) is 2.33. The van der Waals surface area contributed by atoms with Gasteiger partial charge in [-0.15, -0.1) is 0 Å². The minimum Gasteiger partial charge on any atom is -0.493 e. The molecule has 0 unspecified atom stereocenters. The molecule has 3 rings (SSSR count). The summed E-state index contributed by atoms with van der Waals surface area (Å²) in [4.78, 5) is 14.8. The summed E-state index contributed by atoms with van der Waals surface area (Å²) in [5.74, 6) is 0.196. The fraction of sp³-hybridized carbons (Fsp3) is 0.263. The molecule has 1 aromatic carbocycles. The van der Waals surface area contributed by atoms with Gasteiger partial charge in [-0.05, 0) is 48.6 Å². The van der Waals surface area contributed by atoms with E-state index in [0.29, 0.717) is 12.3 Å². The quantitative estimate of drug-likeness (QED) is 0.695. The van der Waals surface area contributed by atoms with Gasteiger partial charge in [0.25, 0.3) is 5.91 Å². The minimum atomic E-state index is -0.251. The van der Waals surface area contributed by atoms with Crippen molar-refractivity contribution in [1.29, 1.82) is 0 Å². The molecule has 6 nitrogen and oxygen atoms in total. The van der Waals surface area contributed by atoms with Crippen LogP contribution >= 0.6 is 11.3 Å². The fourth-order valence-corrected chi connectivity index (χ4v) is 3.42. The Bertz CT molecular complexity index is 844. The molecule has 2 heterocycles. The number of ether oxygens (including phenoxy) is 1. The first-order chi connectivity index (χ1) is 12.6. The van der Waals surface area contributed by atoms with Gasteiger partial charge in [-0.25, -0.2) is 4.68 Å². The van der Waals surface area contributed by atoms with Crippen LogP contribution in [0.5, 0.6) is 5.75 Å². The minimum absolute atomic E-state index is 0.104. The van der Waals surface area contributed by atoms with E-state index in [9.17, 15) is 4.79 Å². The summed E-state index contributed by atoms with van der Waals surface area (Å²) in [7, 11) is 5.54. The molecular weight excluding hydrogens is 348 g/mol.